The minimum Gasteiger partial charge on any atom is -0.372 e. The Morgan fingerprint density at radius 1 is 1.27 bits per heavy atom. The van der Waals surface area contributed by atoms with Crippen LogP contribution in [0.1, 0.15) is 12.8 Å². The second-order valence-electron chi connectivity index (χ2n) is 3.81. The second-order valence-corrected chi connectivity index (χ2v) is 5.23. The standard InChI is InChI=1S/C10H13NO3S/c1-11(8-2-3-8)9-4-6-10(7-5-9)15(12,13)14/h4-8H,2-3H2,1H3,(H,12,13,14). The van der Waals surface area contributed by atoms with E-state index in [1.165, 1.54) is 25.0 Å². The summed E-state index contributed by atoms with van der Waals surface area (Å²) in [5.41, 5.74) is 0.977. The number of benzene rings is 1. The molecule has 1 saturated carbocycles. The second kappa shape index (κ2) is 3.50. The Bertz CT molecular complexity index is 448. The predicted molar refractivity (Wildman–Crippen MR) is 57.7 cm³/mol. The van der Waals surface area contributed by atoms with Gasteiger partial charge in [0.2, 0.25) is 0 Å². The number of nitrogens with zero attached hydrogens (tertiary/aromatic N) is 1. The molecule has 0 heterocycles. The van der Waals surface area contributed by atoms with Gasteiger partial charge in [-0.2, -0.15) is 8.42 Å². The zero-order valence-corrected chi connectivity index (χ0v) is 9.24. The highest BCUT2D eigenvalue weighted by atomic mass is 32.2. The molecule has 0 aliphatic heterocycles. The molecule has 2 rings (SSSR count). The number of rotatable bonds is 3. The maximum atomic E-state index is 10.8. The monoisotopic (exact) mass is 227 g/mol. The van der Waals surface area contributed by atoms with E-state index in [0.29, 0.717) is 6.04 Å². The average molecular weight is 227 g/mol. The molecule has 1 aliphatic carbocycles. The third-order valence-corrected chi connectivity index (χ3v) is 3.50. The van der Waals surface area contributed by atoms with E-state index in [-0.39, 0.29) is 4.90 Å². The van der Waals surface area contributed by atoms with Gasteiger partial charge in [-0.05, 0) is 37.1 Å². The molecule has 15 heavy (non-hydrogen) atoms. The van der Waals surface area contributed by atoms with E-state index in [1.54, 1.807) is 12.1 Å². The van der Waals surface area contributed by atoms with Gasteiger partial charge in [-0.1, -0.05) is 0 Å². The highest BCUT2D eigenvalue weighted by Crippen LogP contribution is 2.30. The summed E-state index contributed by atoms with van der Waals surface area (Å²) < 4.78 is 30.4. The van der Waals surface area contributed by atoms with Crippen LogP contribution in [0.25, 0.3) is 0 Å². The topological polar surface area (TPSA) is 57.6 Å². The van der Waals surface area contributed by atoms with Crippen LogP contribution in [0.4, 0.5) is 5.69 Å². The molecule has 82 valence electrons. The molecule has 5 heteroatoms. The van der Waals surface area contributed by atoms with Gasteiger partial charge in [-0.3, -0.25) is 4.55 Å². The highest BCUT2D eigenvalue weighted by molar-refractivity contribution is 7.85. The van der Waals surface area contributed by atoms with Crippen LogP contribution in [0.3, 0.4) is 0 Å². The van der Waals surface area contributed by atoms with Crippen molar-refractivity contribution in [2.75, 3.05) is 11.9 Å². The Labute approximate surface area is 89.3 Å². The molecule has 0 saturated heterocycles. The van der Waals surface area contributed by atoms with Gasteiger partial charge in [0.1, 0.15) is 0 Å². The van der Waals surface area contributed by atoms with Crippen LogP contribution in [0.5, 0.6) is 0 Å². The van der Waals surface area contributed by atoms with Crippen molar-refractivity contribution in [3.63, 3.8) is 0 Å². The first-order valence-electron chi connectivity index (χ1n) is 4.79. The van der Waals surface area contributed by atoms with E-state index in [2.05, 4.69) is 4.90 Å². The van der Waals surface area contributed by atoms with Crippen molar-refractivity contribution in [3.05, 3.63) is 24.3 Å². The van der Waals surface area contributed by atoms with E-state index in [9.17, 15) is 8.42 Å². The lowest BCUT2D eigenvalue weighted by Gasteiger charge is -2.18. The molecule has 0 radical (unpaired) electrons. The fourth-order valence-corrected chi connectivity index (χ4v) is 2.01. The van der Waals surface area contributed by atoms with Gasteiger partial charge in [0.25, 0.3) is 10.1 Å². The summed E-state index contributed by atoms with van der Waals surface area (Å²) in [4.78, 5) is 2.06. The van der Waals surface area contributed by atoms with Crippen LogP contribution in [-0.2, 0) is 10.1 Å². The largest absolute Gasteiger partial charge is 0.372 e. The van der Waals surface area contributed by atoms with E-state index in [0.717, 1.165) is 5.69 Å². The van der Waals surface area contributed by atoms with Crippen LogP contribution >= 0.6 is 0 Å². The molecule has 1 fully saturated rings. The SMILES string of the molecule is CN(c1ccc(S(=O)(=O)O)cc1)C1CC1. The summed E-state index contributed by atoms with van der Waals surface area (Å²) in [5.74, 6) is 0. The third kappa shape index (κ3) is 2.30. The van der Waals surface area contributed by atoms with Gasteiger partial charge in [-0.15, -0.1) is 0 Å². The Kier molecular flexibility index (Phi) is 2.44. The van der Waals surface area contributed by atoms with Crippen LogP contribution < -0.4 is 4.90 Å². The van der Waals surface area contributed by atoms with Crippen LogP contribution in [0, 0.1) is 0 Å². The minimum absolute atomic E-state index is 0.0598. The molecular formula is C10H13NO3S. The van der Waals surface area contributed by atoms with Gasteiger partial charge in [0.15, 0.2) is 0 Å². The third-order valence-electron chi connectivity index (χ3n) is 2.64. The molecule has 1 aliphatic rings. The zero-order chi connectivity index (χ0) is 11.1. The minimum atomic E-state index is -4.07. The van der Waals surface area contributed by atoms with Crippen molar-refractivity contribution in [2.24, 2.45) is 0 Å². The number of hydrogen-bond acceptors (Lipinski definition) is 3. The van der Waals surface area contributed by atoms with Gasteiger partial charge in [0, 0.05) is 18.8 Å². The lowest BCUT2D eigenvalue weighted by Crippen LogP contribution is -2.19. The summed E-state index contributed by atoms with van der Waals surface area (Å²) in [5, 5.41) is 0. The molecule has 0 aromatic heterocycles. The van der Waals surface area contributed by atoms with Crippen molar-refractivity contribution in [3.8, 4) is 0 Å². The van der Waals surface area contributed by atoms with Crippen molar-refractivity contribution < 1.29 is 13.0 Å². The molecule has 1 aromatic rings. The smallest absolute Gasteiger partial charge is 0.294 e. The Hall–Kier alpha value is -1.07. The van der Waals surface area contributed by atoms with Gasteiger partial charge in [0.05, 0.1) is 4.90 Å². The molecule has 0 amide bonds. The average Bonchev–Trinajstić information content (AvgIpc) is 2.99. The summed E-state index contributed by atoms with van der Waals surface area (Å²) in [6, 6.07) is 6.84. The zero-order valence-electron chi connectivity index (χ0n) is 8.42. The number of hydrogen-bond donors (Lipinski definition) is 1. The molecular weight excluding hydrogens is 214 g/mol. The molecule has 0 atom stereocenters. The first kappa shape index (κ1) is 10.4. The van der Waals surface area contributed by atoms with Gasteiger partial charge < -0.3 is 4.90 Å². The van der Waals surface area contributed by atoms with E-state index in [1.807, 2.05) is 7.05 Å². The van der Waals surface area contributed by atoms with E-state index in [4.69, 9.17) is 4.55 Å². The molecule has 1 aromatic carbocycles. The summed E-state index contributed by atoms with van der Waals surface area (Å²) in [6.07, 6.45) is 2.38. The predicted octanol–water partition coefficient (Wildman–Crippen LogP) is 1.53. The molecule has 0 spiro atoms. The van der Waals surface area contributed by atoms with E-state index < -0.39 is 10.1 Å². The lowest BCUT2D eigenvalue weighted by molar-refractivity contribution is 0.483. The Morgan fingerprint density at radius 3 is 2.20 bits per heavy atom. The normalized spacial score (nSPS) is 16.4. The quantitative estimate of drug-likeness (QED) is 0.796. The molecule has 1 N–H and O–H groups in total. The summed E-state index contributed by atoms with van der Waals surface area (Å²) in [7, 11) is -2.08. The summed E-state index contributed by atoms with van der Waals surface area (Å²) in [6.45, 7) is 0. The molecule has 0 unspecified atom stereocenters. The molecule has 4 nitrogen and oxygen atoms in total. The van der Waals surface area contributed by atoms with Crippen molar-refractivity contribution in [1.29, 1.82) is 0 Å². The first-order valence-corrected chi connectivity index (χ1v) is 6.23. The fourth-order valence-electron chi connectivity index (χ4n) is 1.53. The Balaban J connectivity index is 2.23. The number of anilines is 1. The van der Waals surface area contributed by atoms with E-state index >= 15 is 0 Å². The van der Waals surface area contributed by atoms with Crippen LogP contribution in [-0.4, -0.2) is 26.1 Å². The molecule has 0 bridgehead atoms. The van der Waals surface area contributed by atoms with Crippen molar-refractivity contribution >= 4 is 15.8 Å². The highest BCUT2D eigenvalue weighted by Gasteiger charge is 2.26. The Morgan fingerprint density at radius 2 is 1.80 bits per heavy atom. The van der Waals surface area contributed by atoms with Gasteiger partial charge in [-0.25, -0.2) is 0 Å². The lowest BCUT2D eigenvalue weighted by atomic mass is 10.3. The fraction of sp³-hybridized carbons (Fsp3) is 0.400. The maximum Gasteiger partial charge on any atom is 0.294 e. The van der Waals surface area contributed by atoms with Crippen molar-refractivity contribution in [2.45, 2.75) is 23.8 Å². The van der Waals surface area contributed by atoms with Crippen LogP contribution in [0.2, 0.25) is 0 Å². The van der Waals surface area contributed by atoms with Crippen LogP contribution in [0.15, 0.2) is 29.2 Å². The van der Waals surface area contributed by atoms with Gasteiger partial charge >= 0.3 is 0 Å². The first-order chi connectivity index (χ1) is 6.98. The maximum absolute atomic E-state index is 10.8. The summed E-state index contributed by atoms with van der Waals surface area (Å²) >= 11 is 0. The van der Waals surface area contributed by atoms with Crippen molar-refractivity contribution in [1.82, 2.24) is 0 Å².